The second-order valence-corrected chi connectivity index (χ2v) is 11.5. The highest BCUT2D eigenvalue weighted by atomic mass is 32.2. The number of hydrogen-bond donors (Lipinski definition) is 0. The fourth-order valence-electron chi connectivity index (χ4n) is 3.62. The van der Waals surface area contributed by atoms with Crippen molar-refractivity contribution in [3.05, 3.63) is 58.3 Å². The minimum absolute atomic E-state index is 0.0434. The maximum atomic E-state index is 13.1. The maximum Gasteiger partial charge on any atom is 0.233 e. The monoisotopic (exact) mass is 446 g/mol. The minimum Gasteiger partial charge on any atom is -0.333 e. The number of aryl methyl sites for hydroxylation is 1. The van der Waals surface area contributed by atoms with Crippen LogP contribution in [-0.2, 0) is 21.2 Å². The number of aromatic nitrogens is 1. The standard InChI is InChI=1S/C21H22N2O3S3/c1-15-11-20(22-19-7-3-2-6-18(15)19)28-13-21(24)23(12-17-5-4-9-27-17)16-8-10-29(25,26)14-16/h2-7,9,11,16H,8,10,12-14H2,1H3/t16-/m1/s1. The van der Waals surface area contributed by atoms with Gasteiger partial charge in [-0.1, -0.05) is 36.0 Å². The molecule has 0 spiro atoms. The average Bonchev–Trinajstić information content (AvgIpc) is 3.33. The Hall–Kier alpha value is -1.90. The van der Waals surface area contributed by atoms with E-state index < -0.39 is 9.84 Å². The fraction of sp³-hybridized carbons (Fsp3) is 0.333. The summed E-state index contributed by atoms with van der Waals surface area (Å²) in [7, 11) is -3.06. The Morgan fingerprint density at radius 2 is 2.10 bits per heavy atom. The molecule has 8 heteroatoms. The van der Waals surface area contributed by atoms with Crippen molar-refractivity contribution in [2.45, 2.75) is 31.0 Å². The SMILES string of the molecule is Cc1cc(SCC(=O)N(Cc2cccs2)[C@@H]2CCS(=O)(=O)C2)nc2ccccc12. The lowest BCUT2D eigenvalue weighted by Crippen LogP contribution is -2.41. The van der Waals surface area contributed by atoms with E-state index >= 15 is 0 Å². The van der Waals surface area contributed by atoms with Crippen LogP contribution in [0.2, 0.25) is 0 Å². The summed E-state index contributed by atoms with van der Waals surface area (Å²) in [4.78, 5) is 20.5. The number of thioether (sulfide) groups is 1. The van der Waals surface area contributed by atoms with Crippen LogP contribution >= 0.6 is 23.1 Å². The molecule has 1 amide bonds. The zero-order chi connectivity index (χ0) is 20.4. The van der Waals surface area contributed by atoms with Crippen LogP contribution in [0.4, 0.5) is 0 Å². The third-order valence-corrected chi connectivity index (χ3v) is 8.63. The van der Waals surface area contributed by atoms with E-state index in [9.17, 15) is 13.2 Å². The molecule has 2 aromatic heterocycles. The van der Waals surface area contributed by atoms with Crippen LogP contribution in [0, 0.1) is 6.92 Å². The number of thiophene rings is 1. The molecule has 1 atom stereocenters. The lowest BCUT2D eigenvalue weighted by Gasteiger charge is -2.27. The molecular formula is C21H22N2O3S3. The predicted octanol–water partition coefficient (Wildman–Crippen LogP) is 3.91. The van der Waals surface area contributed by atoms with Crippen molar-refractivity contribution in [1.29, 1.82) is 0 Å². The van der Waals surface area contributed by atoms with E-state index in [4.69, 9.17) is 0 Å². The van der Waals surface area contributed by atoms with Gasteiger partial charge in [-0.2, -0.15) is 0 Å². The molecule has 1 aliphatic heterocycles. The van der Waals surface area contributed by atoms with Crippen molar-refractivity contribution in [3.63, 3.8) is 0 Å². The summed E-state index contributed by atoms with van der Waals surface area (Å²) >= 11 is 2.99. The number of hydrogen-bond acceptors (Lipinski definition) is 6. The van der Waals surface area contributed by atoms with Crippen LogP contribution < -0.4 is 0 Å². The van der Waals surface area contributed by atoms with Crippen molar-refractivity contribution in [3.8, 4) is 0 Å². The van der Waals surface area contributed by atoms with Crippen molar-refractivity contribution in [2.75, 3.05) is 17.3 Å². The van der Waals surface area contributed by atoms with E-state index in [1.165, 1.54) is 11.8 Å². The molecule has 0 bridgehead atoms. The number of sulfone groups is 1. The lowest BCUT2D eigenvalue weighted by molar-refractivity contribution is -0.130. The zero-order valence-corrected chi connectivity index (χ0v) is 18.5. The van der Waals surface area contributed by atoms with Crippen LogP contribution in [0.25, 0.3) is 10.9 Å². The summed E-state index contributed by atoms with van der Waals surface area (Å²) in [5.74, 6) is 0.414. The molecule has 0 radical (unpaired) electrons. The summed E-state index contributed by atoms with van der Waals surface area (Å²) in [5, 5.41) is 3.89. The summed E-state index contributed by atoms with van der Waals surface area (Å²) in [5.41, 5.74) is 2.04. The first-order valence-corrected chi connectivity index (χ1v) is 13.1. The largest absolute Gasteiger partial charge is 0.333 e. The van der Waals surface area contributed by atoms with Crippen molar-refractivity contribution < 1.29 is 13.2 Å². The molecule has 1 fully saturated rings. The van der Waals surface area contributed by atoms with Crippen molar-refractivity contribution in [1.82, 2.24) is 9.88 Å². The van der Waals surface area contributed by atoms with E-state index in [0.717, 1.165) is 26.4 Å². The number of benzene rings is 1. The predicted molar refractivity (Wildman–Crippen MR) is 119 cm³/mol. The molecule has 0 unspecified atom stereocenters. The van der Waals surface area contributed by atoms with Crippen LogP contribution in [0.15, 0.2) is 52.9 Å². The Morgan fingerprint density at radius 1 is 1.28 bits per heavy atom. The van der Waals surface area contributed by atoms with E-state index in [1.54, 1.807) is 16.2 Å². The number of fused-ring (bicyclic) bond motifs is 1. The zero-order valence-electron chi connectivity index (χ0n) is 16.1. The van der Waals surface area contributed by atoms with Gasteiger partial charge in [0.05, 0.1) is 34.3 Å². The van der Waals surface area contributed by atoms with Gasteiger partial charge in [0.1, 0.15) is 0 Å². The molecule has 1 aromatic carbocycles. The molecule has 0 saturated carbocycles. The normalized spacial score (nSPS) is 18.2. The first-order chi connectivity index (χ1) is 13.9. The Kier molecular flexibility index (Phi) is 5.94. The highest BCUT2D eigenvalue weighted by Gasteiger charge is 2.34. The van der Waals surface area contributed by atoms with Gasteiger partial charge >= 0.3 is 0 Å². The highest BCUT2D eigenvalue weighted by molar-refractivity contribution is 7.99. The Balaban J connectivity index is 1.50. The number of rotatable bonds is 6. The van der Waals surface area contributed by atoms with E-state index in [-0.39, 0.29) is 29.2 Å². The first-order valence-electron chi connectivity index (χ1n) is 9.43. The Morgan fingerprint density at radius 3 is 2.83 bits per heavy atom. The van der Waals surface area contributed by atoms with Crippen LogP contribution in [-0.4, -0.2) is 47.5 Å². The van der Waals surface area contributed by atoms with E-state index in [1.807, 2.05) is 54.8 Å². The summed E-state index contributed by atoms with van der Waals surface area (Å²) in [6.45, 7) is 2.50. The van der Waals surface area contributed by atoms with E-state index in [2.05, 4.69) is 4.98 Å². The molecule has 152 valence electrons. The van der Waals surface area contributed by atoms with Crippen LogP contribution in [0.5, 0.6) is 0 Å². The van der Waals surface area contributed by atoms with Gasteiger partial charge in [0, 0.05) is 16.3 Å². The van der Waals surface area contributed by atoms with Gasteiger partial charge in [0.25, 0.3) is 0 Å². The molecule has 3 heterocycles. The van der Waals surface area contributed by atoms with Gasteiger partial charge < -0.3 is 4.90 Å². The number of amides is 1. The van der Waals surface area contributed by atoms with Crippen LogP contribution in [0.3, 0.4) is 0 Å². The van der Waals surface area contributed by atoms with Gasteiger partial charge in [0.15, 0.2) is 9.84 Å². The smallest absolute Gasteiger partial charge is 0.233 e. The number of para-hydroxylation sites is 1. The van der Waals surface area contributed by atoms with Gasteiger partial charge in [-0.25, -0.2) is 13.4 Å². The van der Waals surface area contributed by atoms with Gasteiger partial charge in [-0.05, 0) is 42.5 Å². The van der Waals surface area contributed by atoms with Crippen molar-refractivity contribution in [2.24, 2.45) is 0 Å². The molecule has 0 N–H and O–H groups in total. The highest BCUT2D eigenvalue weighted by Crippen LogP contribution is 2.26. The molecule has 3 aromatic rings. The molecule has 0 aliphatic carbocycles. The maximum absolute atomic E-state index is 13.1. The molecule has 1 saturated heterocycles. The first kappa shape index (κ1) is 20.4. The molecule has 4 rings (SSSR count). The average molecular weight is 447 g/mol. The summed E-state index contributed by atoms with van der Waals surface area (Å²) < 4.78 is 23.9. The summed E-state index contributed by atoms with van der Waals surface area (Å²) in [6, 6.07) is 13.6. The van der Waals surface area contributed by atoms with E-state index in [0.29, 0.717) is 13.0 Å². The second-order valence-electron chi connectivity index (χ2n) is 7.24. The fourth-order valence-corrected chi connectivity index (χ4v) is 6.92. The minimum atomic E-state index is -3.06. The van der Waals surface area contributed by atoms with Crippen molar-refractivity contribution >= 4 is 49.7 Å². The number of carbonyl (C=O) groups excluding carboxylic acids is 1. The third kappa shape index (κ3) is 4.82. The number of carbonyl (C=O) groups is 1. The van der Waals surface area contributed by atoms with Gasteiger partial charge in [-0.15, -0.1) is 11.3 Å². The quantitative estimate of drug-likeness (QED) is 0.537. The summed E-state index contributed by atoms with van der Waals surface area (Å²) in [6.07, 6.45) is 0.511. The molecule has 29 heavy (non-hydrogen) atoms. The van der Waals surface area contributed by atoms with Gasteiger partial charge in [0.2, 0.25) is 5.91 Å². The Bertz CT molecular complexity index is 1130. The topological polar surface area (TPSA) is 67.3 Å². The molecule has 5 nitrogen and oxygen atoms in total. The lowest BCUT2D eigenvalue weighted by atomic mass is 10.1. The Labute approximate surface area is 179 Å². The second kappa shape index (κ2) is 8.45. The van der Waals surface area contributed by atoms with Crippen LogP contribution in [0.1, 0.15) is 16.9 Å². The number of pyridine rings is 1. The molecule has 1 aliphatic rings. The number of nitrogens with zero attached hydrogens (tertiary/aromatic N) is 2. The third-order valence-electron chi connectivity index (χ3n) is 5.12. The van der Waals surface area contributed by atoms with Gasteiger partial charge in [-0.3, -0.25) is 4.79 Å². The molecular weight excluding hydrogens is 424 g/mol.